The number of amides is 1. The molecule has 3 heterocycles. The molecule has 11 heteroatoms. The first kappa shape index (κ1) is 24.4. The first-order chi connectivity index (χ1) is 17.8. The summed E-state index contributed by atoms with van der Waals surface area (Å²) in [6.45, 7) is 2.92. The van der Waals surface area contributed by atoms with Crippen LogP contribution < -0.4 is 20.5 Å². The number of thiazole rings is 1. The summed E-state index contributed by atoms with van der Waals surface area (Å²) in [5, 5.41) is 12.2. The van der Waals surface area contributed by atoms with E-state index in [1.54, 1.807) is 24.4 Å². The third-order valence-electron chi connectivity index (χ3n) is 6.11. The van der Waals surface area contributed by atoms with Crippen molar-refractivity contribution in [2.24, 2.45) is 0 Å². The van der Waals surface area contributed by atoms with Crippen LogP contribution in [0.2, 0.25) is 0 Å². The van der Waals surface area contributed by atoms with Crippen LogP contribution >= 0.6 is 11.3 Å². The molecule has 0 radical (unpaired) electrons. The zero-order valence-electron chi connectivity index (χ0n) is 19.7. The molecule has 1 fully saturated rings. The van der Waals surface area contributed by atoms with E-state index in [2.05, 4.69) is 16.4 Å². The van der Waals surface area contributed by atoms with Crippen molar-refractivity contribution in [1.82, 2.24) is 9.38 Å². The van der Waals surface area contributed by atoms with Gasteiger partial charge in [-0.3, -0.25) is 14.0 Å². The van der Waals surface area contributed by atoms with Gasteiger partial charge in [0.1, 0.15) is 17.5 Å². The number of carbonyl (C=O) groups is 1. The topological polar surface area (TPSA) is 99.7 Å². The highest BCUT2D eigenvalue weighted by Gasteiger charge is 2.25. The minimum absolute atomic E-state index is 0.00357. The maximum absolute atomic E-state index is 14.0. The lowest BCUT2D eigenvalue weighted by atomic mass is 10.1. The molecule has 2 aromatic heterocycles. The summed E-state index contributed by atoms with van der Waals surface area (Å²) in [6.07, 6.45) is 3.75. The molecule has 1 aliphatic heterocycles. The molecule has 0 unspecified atom stereocenters. The minimum Gasteiger partial charge on any atom is -0.487 e. The van der Waals surface area contributed by atoms with E-state index in [9.17, 15) is 23.6 Å². The molecule has 1 aliphatic rings. The number of aryl methyl sites for hydroxylation is 1. The monoisotopic (exact) mass is 521 g/mol. The van der Waals surface area contributed by atoms with Crippen LogP contribution in [-0.2, 0) is 0 Å². The first-order valence-corrected chi connectivity index (χ1v) is 12.3. The second-order valence-electron chi connectivity index (χ2n) is 8.65. The number of ether oxygens (including phenoxy) is 1. The van der Waals surface area contributed by atoms with E-state index in [1.165, 1.54) is 28.0 Å². The number of piperidine rings is 1. The van der Waals surface area contributed by atoms with Gasteiger partial charge >= 0.3 is 0 Å². The Hall–Kier alpha value is -4.30. The fourth-order valence-corrected chi connectivity index (χ4v) is 5.07. The molecule has 0 aliphatic carbocycles. The second-order valence-corrected chi connectivity index (χ2v) is 9.86. The van der Waals surface area contributed by atoms with Gasteiger partial charge in [-0.15, -0.1) is 11.3 Å². The van der Waals surface area contributed by atoms with Gasteiger partial charge in [-0.25, -0.2) is 13.8 Å². The van der Waals surface area contributed by atoms with E-state index < -0.39 is 23.1 Å². The summed E-state index contributed by atoms with van der Waals surface area (Å²) in [6, 6.07) is 10.2. The number of rotatable bonds is 5. The van der Waals surface area contributed by atoms with E-state index in [-0.39, 0.29) is 17.4 Å². The number of nitrogens with one attached hydrogen (secondary N) is 1. The van der Waals surface area contributed by atoms with Gasteiger partial charge in [-0.1, -0.05) is 0 Å². The maximum Gasteiger partial charge on any atom is 0.271 e. The zero-order chi connectivity index (χ0) is 26.1. The van der Waals surface area contributed by atoms with Crippen molar-refractivity contribution in [1.29, 1.82) is 5.26 Å². The Labute approximate surface area is 214 Å². The smallest absolute Gasteiger partial charge is 0.271 e. The normalized spacial score (nSPS) is 13.9. The number of anilines is 2. The highest BCUT2D eigenvalue weighted by Crippen LogP contribution is 2.31. The fourth-order valence-electron chi connectivity index (χ4n) is 4.29. The summed E-state index contributed by atoms with van der Waals surface area (Å²) < 4.78 is 34.2. The summed E-state index contributed by atoms with van der Waals surface area (Å²) in [5.74, 6) is -2.04. The molecular weight excluding hydrogens is 500 g/mol. The Morgan fingerprint density at radius 3 is 2.73 bits per heavy atom. The Kier molecular flexibility index (Phi) is 6.58. The number of hydrogen-bond acceptors (Lipinski definition) is 7. The van der Waals surface area contributed by atoms with Crippen molar-refractivity contribution in [3.63, 3.8) is 0 Å². The van der Waals surface area contributed by atoms with Crippen LogP contribution in [0.1, 0.15) is 33.6 Å². The quantitative estimate of drug-likeness (QED) is 0.415. The van der Waals surface area contributed by atoms with Crippen molar-refractivity contribution in [3.05, 3.63) is 86.8 Å². The predicted octanol–water partition coefficient (Wildman–Crippen LogP) is 4.51. The molecule has 0 atom stereocenters. The average molecular weight is 522 g/mol. The van der Waals surface area contributed by atoms with Crippen molar-refractivity contribution in [2.75, 3.05) is 23.3 Å². The molecule has 1 amide bonds. The summed E-state index contributed by atoms with van der Waals surface area (Å²) >= 11 is 1.35. The SMILES string of the molecule is Cc1cn2c(=O)c(C(=O)Nc3cc(C#N)ccc3N3CCC(Oc4ccc(F)cc4F)CC3)cnc2s1. The number of halogens is 2. The van der Waals surface area contributed by atoms with Crippen molar-refractivity contribution in [3.8, 4) is 11.8 Å². The van der Waals surface area contributed by atoms with Crippen LogP contribution in [0.3, 0.4) is 0 Å². The Morgan fingerprint density at radius 2 is 2.00 bits per heavy atom. The Balaban J connectivity index is 1.34. The van der Waals surface area contributed by atoms with Gasteiger partial charge in [-0.2, -0.15) is 5.26 Å². The van der Waals surface area contributed by atoms with E-state index in [1.807, 2.05) is 11.8 Å². The predicted molar refractivity (Wildman–Crippen MR) is 135 cm³/mol. The number of nitriles is 1. The number of fused-ring (bicyclic) bond motifs is 1. The van der Waals surface area contributed by atoms with Crippen LogP contribution in [0.25, 0.3) is 4.96 Å². The van der Waals surface area contributed by atoms with Gasteiger partial charge < -0.3 is 15.0 Å². The molecule has 4 aromatic rings. The maximum atomic E-state index is 14.0. The molecule has 0 saturated carbocycles. The molecular formula is C26H21F2N5O3S. The Bertz CT molecular complexity index is 1600. The molecule has 5 rings (SSSR count). The highest BCUT2D eigenvalue weighted by atomic mass is 32.1. The fraction of sp³-hybridized carbons (Fsp3) is 0.231. The number of nitrogens with zero attached hydrogens (tertiary/aromatic N) is 4. The lowest BCUT2D eigenvalue weighted by molar-refractivity contribution is 0.102. The molecule has 1 saturated heterocycles. The Morgan fingerprint density at radius 1 is 1.22 bits per heavy atom. The lowest BCUT2D eigenvalue weighted by Gasteiger charge is -2.34. The van der Waals surface area contributed by atoms with E-state index in [0.717, 1.165) is 17.0 Å². The van der Waals surface area contributed by atoms with Crippen molar-refractivity contribution < 1.29 is 18.3 Å². The third kappa shape index (κ3) is 5.01. The number of hydrogen-bond donors (Lipinski definition) is 1. The summed E-state index contributed by atoms with van der Waals surface area (Å²) in [5.41, 5.74) is 0.828. The minimum atomic E-state index is -0.749. The van der Waals surface area contributed by atoms with Gasteiger partial charge in [0.25, 0.3) is 11.5 Å². The summed E-state index contributed by atoms with van der Waals surface area (Å²) in [4.78, 5) is 33.6. The molecule has 37 heavy (non-hydrogen) atoms. The molecule has 0 spiro atoms. The van der Waals surface area contributed by atoms with Crippen LogP contribution in [0.4, 0.5) is 20.2 Å². The number of carbonyl (C=O) groups excluding carboxylic acids is 1. The largest absolute Gasteiger partial charge is 0.487 e. The highest BCUT2D eigenvalue weighted by molar-refractivity contribution is 7.16. The van der Waals surface area contributed by atoms with Gasteiger partial charge in [0.05, 0.1) is 23.0 Å². The van der Waals surface area contributed by atoms with Crippen LogP contribution in [0.15, 0.2) is 53.6 Å². The van der Waals surface area contributed by atoms with Gasteiger partial charge in [0.2, 0.25) is 0 Å². The molecule has 2 aromatic carbocycles. The summed E-state index contributed by atoms with van der Waals surface area (Å²) in [7, 11) is 0. The van der Waals surface area contributed by atoms with E-state index in [4.69, 9.17) is 4.74 Å². The van der Waals surface area contributed by atoms with E-state index >= 15 is 0 Å². The molecule has 188 valence electrons. The van der Waals surface area contributed by atoms with Crippen molar-refractivity contribution in [2.45, 2.75) is 25.9 Å². The standard InChI is InChI=1S/C26H21F2N5O3S/c1-15-14-33-25(35)19(13-30-26(33)37-15)24(34)31-21-10-16(12-29)2-4-22(21)32-8-6-18(7-9-32)36-23-5-3-17(27)11-20(23)28/h2-5,10-11,13-14,18H,6-9H2,1H3,(H,31,34). The van der Waals surface area contributed by atoms with Crippen LogP contribution in [-0.4, -0.2) is 34.5 Å². The third-order valence-corrected chi connectivity index (χ3v) is 7.02. The van der Waals surface area contributed by atoms with Gasteiger partial charge in [0, 0.05) is 49.3 Å². The zero-order valence-corrected chi connectivity index (χ0v) is 20.5. The lowest BCUT2D eigenvalue weighted by Crippen LogP contribution is -2.39. The van der Waals surface area contributed by atoms with Crippen LogP contribution in [0.5, 0.6) is 5.75 Å². The van der Waals surface area contributed by atoms with Gasteiger partial charge in [-0.05, 0) is 37.3 Å². The average Bonchev–Trinajstić information content (AvgIpc) is 3.27. The number of benzene rings is 2. The van der Waals surface area contributed by atoms with Crippen LogP contribution in [0, 0.1) is 29.9 Å². The van der Waals surface area contributed by atoms with Gasteiger partial charge in [0.15, 0.2) is 16.5 Å². The molecule has 8 nitrogen and oxygen atoms in total. The second kappa shape index (κ2) is 9.99. The molecule has 0 bridgehead atoms. The van der Waals surface area contributed by atoms with E-state index in [0.29, 0.717) is 47.8 Å². The van der Waals surface area contributed by atoms with Crippen molar-refractivity contribution >= 4 is 33.6 Å². The molecule has 1 N–H and O–H groups in total. The first-order valence-electron chi connectivity index (χ1n) is 11.5. The number of aromatic nitrogens is 2.